The van der Waals surface area contributed by atoms with E-state index in [1.54, 1.807) is 24.3 Å². The third-order valence-electron chi connectivity index (χ3n) is 3.20. The summed E-state index contributed by atoms with van der Waals surface area (Å²) in [7, 11) is 0. The molecule has 1 aromatic carbocycles. The molecule has 1 amide bonds. The molecule has 1 fully saturated rings. The van der Waals surface area contributed by atoms with Crippen molar-refractivity contribution in [2.24, 2.45) is 11.7 Å². The Kier molecular flexibility index (Phi) is 3.46. The molecule has 0 saturated carbocycles. The zero-order valence-electron chi connectivity index (χ0n) is 9.73. The molecule has 0 radical (unpaired) electrons. The Balaban J connectivity index is 2.07. The van der Waals surface area contributed by atoms with Gasteiger partial charge in [-0.3, -0.25) is 4.79 Å². The van der Waals surface area contributed by atoms with Crippen LogP contribution in [0.5, 0.6) is 0 Å². The third kappa shape index (κ3) is 2.48. The van der Waals surface area contributed by atoms with Gasteiger partial charge in [0.2, 0.25) is 0 Å². The molecule has 0 aliphatic carbocycles. The Morgan fingerprint density at radius 1 is 1.47 bits per heavy atom. The molecule has 3 nitrogen and oxygen atoms in total. The summed E-state index contributed by atoms with van der Waals surface area (Å²) in [6, 6.07) is 7.16. The minimum absolute atomic E-state index is 0.0736. The number of amides is 1. The van der Waals surface area contributed by atoms with Crippen molar-refractivity contribution in [3.8, 4) is 12.3 Å². The van der Waals surface area contributed by atoms with Crippen molar-refractivity contribution in [2.75, 3.05) is 19.6 Å². The Bertz CT molecular complexity index is 444. The molecule has 1 heterocycles. The van der Waals surface area contributed by atoms with E-state index in [1.165, 1.54) is 0 Å². The van der Waals surface area contributed by atoms with Crippen molar-refractivity contribution in [1.82, 2.24) is 4.90 Å². The highest BCUT2D eigenvalue weighted by Gasteiger charge is 2.25. The first-order valence-corrected chi connectivity index (χ1v) is 5.80. The van der Waals surface area contributed by atoms with Crippen LogP contribution in [0.3, 0.4) is 0 Å². The molecule has 1 aliphatic rings. The number of nitrogens with zero attached hydrogens (tertiary/aromatic N) is 1. The number of hydrogen-bond donors (Lipinski definition) is 1. The number of likely N-dealkylation sites (tertiary alicyclic amines) is 1. The molecule has 88 valence electrons. The summed E-state index contributed by atoms with van der Waals surface area (Å²) < 4.78 is 0. The van der Waals surface area contributed by atoms with Gasteiger partial charge in [0.25, 0.3) is 5.91 Å². The predicted molar refractivity (Wildman–Crippen MR) is 67.4 cm³/mol. The van der Waals surface area contributed by atoms with E-state index in [4.69, 9.17) is 12.2 Å². The number of carbonyl (C=O) groups is 1. The minimum Gasteiger partial charge on any atom is -0.338 e. The average molecular weight is 228 g/mol. The quantitative estimate of drug-likeness (QED) is 0.770. The number of hydrogen-bond acceptors (Lipinski definition) is 2. The second-order valence-corrected chi connectivity index (χ2v) is 4.36. The number of nitrogens with two attached hydrogens (primary N) is 1. The van der Waals surface area contributed by atoms with E-state index in [0.29, 0.717) is 18.0 Å². The fourth-order valence-corrected chi connectivity index (χ4v) is 2.10. The highest BCUT2D eigenvalue weighted by Crippen LogP contribution is 2.17. The van der Waals surface area contributed by atoms with Crippen LogP contribution >= 0.6 is 0 Å². The van der Waals surface area contributed by atoms with E-state index in [1.807, 2.05) is 4.90 Å². The fraction of sp³-hybridized carbons (Fsp3) is 0.357. The van der Waals surface area contributed by atoms with Gasteiger partial charge in [-0.25, -0.2) is 0 Å². The molecule has 1 aliphatic heterocycles. The lowest BCUT2D eigenvalue weighted by Gasteiger charge is -2.16. The van der Waals surface area contributed by atoms with Crippen molar-refractivity contribution in [2.45, 2.75) is 6.42 Å². The molecule has 2 rings (SSSR count). The van der Waals surface area contributed by atoms with E-state index < -0.39 is 0 Å². The molecular weight excluding hydrogens is 212 g/mol. The molecule has 1 aromatic rings. The fourth-order valence-electron chi connectivity index (χ4n) is 2.10. The second-order valence-electron chi connectivity index (χ2n) is 4.36. The molecule has 0 bridgehead atoms. The van der Waals surface area contributed by atoms with Crippen molar-refractivity contribution in [1.29, 1.82) is 0 Å². The lowest BCUT2D eigenvalue weighted by Crippen LogP contribution is -2.29. The van der Waals surface area contributed by atoms with Gasteiger partial charge < -0.3 is 10.6 Å². The zero-order valence-corrected chi connectivity index (χ0v) is 9.73. The molecule has 0 spiro atoms. The van der Waals surface area contributed by atoms with Crippen molar-refractivity contribution in [3.63, 3.8) is 0 Å². The van der Waals surface area contributed by atoms with E-state index in [2.05, 4.69) is 5.92 Å². The summed E-state index contributed by atoms with van der Waals surface area (Å²) in [6.07, 6.45) is 6.28. The SMILES string of the molecule is C#Cc1ccc(C(=O)N2CCC(CN)C2)cc1. The normalized spacial score (nSPS) is 19.1. The lowest BCUT2D eigenvalue weighted by atomic mass is 10.1. The van der Waals surface area contributed by atoms with E-state index in [-0.39, 0.29) is 5.91 Å². The lowest BCUT2D eigenvalue weighted by molar-refractivity contribution is 0.0787. The van der Waals surface area contributed by atoms with Crippen LogP contribution in [0, 0.1) is 18.3 Å². The molecule has 1 atom stereocenters. The summed E-state index contributed by atoms with van der Waals surface area (Å²) in [6.45, 7) is 2.23. The Morgan fingerprint density at radius 3 is 2.71 bits per heavy atom. The van der Waals surface area contributed by atoms with Crippen LogP contribution in [0.1, 0.15) is 22.3 Å². The average Bonchev–Trinajstić information content (AvgIpc) is 2.87. The highest BCUT2D eigenvalue weighted by atomic mass is 16.2. The largest absolute Gasteiger partial charge is 0.338 e. The number of terminal acetylenes is 1. The van der Waals surface area contributed by atoms with E-state index in [9.17, 15) is 4.79 Å². The maximum atomic E-state index is 12.1. The van der Waals surface area contributed by atoms with Gasteiger partial charge in [0.15, 0.2) is 0 Å². The van der Waals surface area contributed by atoms with Crippen LogP contribution in [-0.4, -0.2) is 30.4 Å². The topological polar surface area (TPSA) is 46.3 Å². The first-order valence-electron chi connectivity index (χ1n) is 5.80. The molecular formula is C14H16N2O. The minimum atomic E-state index is 0.0736. The van der Waals surface area contributed by atoms with Gasteiger partial charge in [0.05, 0.1) is 0 Å². The zero-order chi connectivity index (χ0) is 12.3. The Labute approximate surface area is 102 Å². The van der Waals surface area contributed by atoms with Crippen LogP contribution in [-0.2, 0) is 0 Å². The van der Waals surface area contributed by atoms with E-state index >= 15 is 0 Å². The van der Waals surface area contributed by atoms with Gasteiger partial charge in [-0.15, -0.1) is 6.42 Å². The summed E-state index contributed by atoms with van der Waals surface area (Å²) >= 11 is 0. The number of benzene rings is 1. The van der Waals surface area contributed by atoms with Gasteiger partial charge in [-0.1, -0.05) is 5.92 Å². The molecule has 17 heavy (non-hydrogen) atoms. The molecule has 1 unspecified atom stereocenters. The van der Waals surface area contributed by atoms with Crippen molar-refractivity contribution < 1.29 is 4.79 Å². The monoisotopic (exact) mass is 228 g/mol. The van der Waals surface area contributed by atoms with Crippen LogP contribution in [0.2, 0.25) is 0 Å². The van der Waals surface area contributed by atoms with Gasteiger partial charge in [0, 0.05) is 24.2 Å². The summed E-state index contributed by atoms with van der Waals surface area (Å²) in [4.78, 5) is 14.0. The summed E-state index contributed by atoms with van der Waals surface area (Å²) in [5.41, 5.74) is 7.10. The van der Waals surface area contributed by atoms with E-state index in [0.717, 1.165) is 25.1 Å². The molecule has 0 aromatic heterocycles. The van der Waals surface area contributed by atoms with Gasteiger partial charge in [-0.2, -0.15) is 0 Å². The number of carbonyl (C=O) groups excluding carboxylic acids is 1. The predicted octanol–water partition coefficient (Wildman–Crippen LogP) is 1.09. The Morgan fingerprint density at radius 2 is 2.18 bits per heavy atom. The van der Waals surface area contributed by atoms with Crippen LogP contribution < -0.4 is 5.73 Å². The van der Waals surface area contributed by atoms with Gasteiger partial charge in [-0.05, 0) is 43.1 Å². The maximum Gasteiger partial charge on any atom is 0.253 e. The summed E-state index contributed by atoms with van der Waals surface area (Å²) in [5, 5.41) is 0. The molecule has 3 heteroatoms. The van der Waals surface area contributed by atoms with Crippen LogP contribution in [0.4, 0.5) is 0 Å². The van der Waals surface area contributed by atoms with Gasteiger partial charge in [0.1, 0.15) is 0 Å². The first-order chi connectivity index (χ1) is 8.24. The standard InChI is InChI=1S/C14H16N2O/c1-2-11-3-5-13(6-4-11)14(17)16-8-7-12(9-15)10-16/h1,3-6,12H,7-10,15H2. The van der Waals surface area contributed by atoms with Crippen LogP contribution in [0.15, 0.2) is 24.3 Å². The maximum absolute atomic E-state index is 12.1. The van der Waals surface area contributed by atoms with Gasteiger partial charge >= 0.3 is 0 Å². The molecule has 1 saturated heterocycles. The third-order valence-corrected chi connectivity index (χ3v) is 3.20. The van der Waals surface area contributed by atoms with Crippen molar-refractivity contribution in [3.05, 3.63) is 35.4 Å². The number of rotatable bonds is 2. The van der Waals surface area contributed by atoms with Crippen LogP contribution in [0.25, 0.3) is 0 Å². The smallest absolute Gasteiger partial charge is 0.253 e. The Hall–Kier alpha value is -1.79. The summed E-state index contributed by atoms with van der Waals surface area (Å²) in [5.74, 6) is 3.06. The second kappa shape index (κ2) is 5.03. The van der Waals surface area contributed by atoms with Crippen molar-refractivity contribution >= 4 is 5.91 Å². The first kappa shape index (κ1) is 11.7. The highest BCUT2D eigenvalue weighted by molar-refractivity contribution is 5.94. The molecule has 2 N–H and O–H groups in total.